The van der Waals surface area contributed by atoms with Crippen molar-refractivity contribution in [3.8, 4) is 0 Å². The van der Waals surface area contributed by atoms with Crippen molar-refractivity contribution in [1.29, 1.82) is 0 Å². The minimum atomic E-state index is -0.187. The van der Waals surface area contributed by atoms with Crippen LogP contribution in [0.4, 0.5) is 0 Å². The third-order valence-electron chi connectivity index (χ3n) is 5.12. The van der Waals surface area contributed by atoms with Crippen LogP contribution in [0.1, 0.15) is 29.0 Å². The Morgan fingerprint density at radius 3 is 2.78 bits per heavy atom. The summed E-state index contributed by atoms with van der Waals surface area (Å²) in [6.45, 7) is 1.51. The van der Waals surface area contributed by atoms with Gasteiger partial charge in [0.2, 0.25) is 5.91 Å². The summed E-state index contributed by atoms with van der Waals surface area (Å²) in [7, 11) is 0. The summed E-state index contributed by atoms with van der Waals surface area (Å²) in [5, 5.41) is 4.92. The zero-order valence-corrected chi connectivity index (χ0v) is 15.1. The van der Waals surface area contributed by atoms with E-state index in [0.29, 0.717) is 25.2 Å². The van der Waals surface area contributed by atoms with Gasteiger partial charge in [-0.05, 0) is 41.8 Å². The van der Waals surface area contributed by atoms with Crippen molar-refractivity contribution in [2.75, 3.05) is 13.1 Å². The average Bonchev–Trinajstić information content (AvgIpc) is 3.25. The Kier molecular flexibility index (Phi) is 4.92. The smallest absolute Gasteiger partial charge is 0.254 e. The Hall–Kier alpha value is -3.08. The Bertz CT molecular complexity index is 944. The van der Waals surface area contributed by atoms with Gasteiger partial charge in [0, 0.05) is 18.7 Å². The highest BCUT2D eigenvalue weighted by atomic mass is 16.3. The Morgan fingerprint density at radius 2 is 1.93 bits per heavy atom. The normalized spacial score (nSPS) is 17.0. The highest BCUT2D eigenvalue weighted by Gasteiger charge is 2.29. The van der Waals surface area contributed by atoms with E-state index in [-0.39, 0.29) is 17.7 Å². The summed E-state index contributed by atoms with van der Waals surface area (Å²) < 4.78 is 5.25. The van der Waals surface area contributed by atoms with Crippen LogP contribution < -0.4 is 5.32 Å². The van der Waals surface area contributed by atoms with E-state index < -0.39 is 0 Å². The van der Waals surface area contributed by atoms with Gasteiger partial charge >= 0.3 is 0 Å². The van der Waals surface area contributed by atoms with Crippen LogP contribution in [0.15, 0.2) is 65.3 Å². The molecule has 4 rings (SSSR count). The van der Waals surface area contributed by atoms with E-state index in [2.05, 4.69) is 5.32 Å². The van der Waals surface area contributed by atoms with E-state index in [0.717, 1.165) is 29.4 Å². The van der Waals surface area contributed by atoms with Crippen molar-refractivity contribution < 1.29 is 14.0 Å². The van der Waals surface area contributed by atoms with Crippen molar-refractivity contribution in [2.24, 2.45) is 5.92 Å². The third-order valence-corrected chi connectivity index (χ3v) is 5.12. The number of benzene rings is 2. The summed E-state index contributed by atoms with van der Waals surface area (Å²) in [6, 6.07) is 17.3. The highest BCUT2D eigenvalue weighted by molar-refractivity contribution is 6.07. The molecule has 0 spiro atoms. The molecule has 1 aliphatic rings. The molecule has 0 aliphatic carbocycles. The molecule has 1 aliphatic heterocycles. The van der Waals surface area contributed by atoms with Gasteiger partial charge in [0.25, 0.3) is 5.91 Å². The average molecular weight is 362 g/mol. The van der Waals surface area contributed by atoms with Gasteiger partial charge in [0.15, 0.2) is 0 Å². The lowest BCUT2D eigenvalue weighted by molar-refractivity contribution is -0.126. The summed E-state index contributed by atoms with van der Waals surface area (Å²) in [5.41, 5.74) is 0.699. The lowest BCUT2D eigenvalue weighted by Crippen LogP contribution is -2.45. The molecule has 5 nitrogen and oxygen atoms in total. The van der Waals surface area contributed by atoms with Crippen LogP contribution in [-0.2, 0) is 11.3 Å². The molecule has 2 aromatic carbocycles. The second-order valence-corrected chi connectivity index (χ2v) is 6.91. The predicted octanol–water partition coefficient (Wildman–Crippen LogP) is 3.60. The quantitative estimate of drug-likeness (QED) is 0.771. The number of nitrogens with zero attached hydrogens (tertiary/aromatic N) is 1. The van der Waals surface area contributed by atoms with E-state index in [4.69, 9.17) is 4.42 Å². The Labute approximate surface area is 158 Å². The molecule has 1 fully saturated rings. The maximum Gasteiger partial charge on any atom is 0.254 e. The number of likely N-dealkylation sites (tertiary alicyclic amines) is 1. The van der Waals surface area contributed by atoms with Crippen LogP contribution in [0.2, 0.25) is 0 Å². The van der Waals surface area contributed by atoms with Gasteiger partial charge in [0.05, 0.1) is 18.7 Å². The Balaban J connectivity index is 1.45. The van der Waals surface area contributed by atoms with E-state index in [1.165, 1.54) is 0 Å². The maximum atomic E-state index is 13.1. The second kappa shape index (κ2) is 7.66. The molecule has 27 heavy (non-hydrogen) atoms. The van der Waals surface area contributed by atoms with Crippen molar-refractivity contribution in [3.05, 3.63) is 72.2 Å². The number of hydrogen-bond donors (Lipinski definition) is 1. The van der Waals surface area contributed by atoms with Gasteiger partial charge < -0.3 is 14.6 Å². The zero-order chi connectivity index (χ0) is 18.6. The van der Waals surface area contributed by atoms with Crippen LogP contribution >= 0.6 is 0 Å². The molecule has 1 aromatic heterocycles. The number of fused-ring (bicyclic) bond motifs is 1. The summed E-state index contributed by atoms with van der Waals surface area (Å²) in [5.74, 6) is 0.507. The van der Waals surface area contributed by atoms with E-state index in [1.807, 2.05) is 53.4 Å². The van der Waals surface area contributed by atoms with E-state index in [9.17, 15) is 9.59 Å². The van der Waals surface area contributed by atoms with Crippen molar-refractivity contribution in [2.45, 2.75) is 19.4 Å². The first-order valence-electron chi connectivity index (χ1n) is 9.29. The monoisotopic (exact) mass is 362 g/mol. The van der Waals surface area contributed by atoms with E-state index >= 15 is 0 Å². The number of carbonyl (C=O) groups excluding carboxylic acids is 2. The largest absolute Gasteiger partial charge is 0.467 e. The van der Waals surface area contributed by atoms with Gasteiger partial charge in [-0.25, -0.2) is 0 Å². The lowest BCUT2D eigenvalue weighted by atomic mass is 9.95. The van der Waals surface area contributed by atoms with Crippen molar-refractivity contribution in [1.82, 2.24) is 10.2 Å². The topological polar surface area (TPSA) is 62.6 Å². The van der Waals surface area contributed by atoms with Gasteiger partial charge in [-0.3, -0.25) is 9.59 Å². The number of furan rings is 1. The van der Waals surface area contributed by atoms with Gasteiger partial charge in [-0.15, -0.1) is 0 Å². The molecule has 2 heterocycles. The fourth-order valence-corrected chi connectivity index (χ4v) is 3.69. The number of hydrogen-bond acceptors (Lipinski definition) is 3. The first kappa shape index (κ1) is 17.3. The third kappa shape index (κ3) is 3.72. The SMILES string of the molecule is O=C(NCc1ccco1)C1CCCN(C(=O)c2cccc3ccccc23)C1. The second-order valence-electron chi connectivity index (χ2n) is 6.91. The van der Waals surface area contributed by atoms with Crippen LogP contribution in [0, 0.1) is 5.92 Å². The highest BCUT2D eigenvalue weighted by Crippen LogP contribution is 2.23. The molecule has 5 heteroatoms. The molecule has 2 amide bonds. The van der Waals surface area contributed by atoms with Crippen molar-refractivity contribution >= 4 is 22.6 Å². The van der Waals surface area contributed by atoms with Crippen molar-refractivity contribution in [3.63, 3.8) is 0 Å². The number of rotatable bonds is 4. The molecular formula is C22H22N2O3. The van der Waals surface area contributed by atoms with Crippen LogP contribution in [0.3, 0.4) is 0 Å². The lowest BCUT2D eigenvalue weighted by Gasteiger charge is -2.32. The molecule has 0 bridgehead atoms. The fraction of sp³-hybridized carbons (Fsp3) is 0.273. The summed E-state index contributed by atoms with van der Waals surface area (Å²) in [6.07, 6.45) is 3.21. The minimum Gasteiger partial charge on any atom is -0.467 e. The molecule has 1 saturated heterocycles. The maximum absolute atomic E-state index is 13.1. The number of piperidine rings is 1. The van der Waals surface area contributed by atoms with Gasteiger partial charge in [-0.2, -0.15) is 0 Å². The number of carbonyl (C=O) groups is 2. The molecular weight excluding hydrogens is 340 g/mol. The molecule has 1 unspecified atom stereocenters. The molecule has 3 aromatic rings. The summed E-state index contributed by atoms with van der Waals surface area (Å²) in [4.78, 5) is 27.4. The van der Waals surface area contributed by atoms with Gasteiger partial charge in [0.1, 0.15) is 5.76 Å². The molecule has 1 atom stereocenters. The number of amides is 2. The summed E-state index contributed by atoms with van der Waals surface area (Å²) >= 11 is 0. The molecule has 138 valence electrons. The zero-order valence-electron chi connectivity index (χ0n) is 15.1. The van der Waals surface area contributed by atoms with E-state index in [1.54, 1.807) is 12.3 Å². The molecule has 0 radical (unpaired) electrons. The molecule has 1 N–H and O–H groups in total. The first-order chi connectivity index (χ1) is 13.2. The minimum absolute atomic E-state index is 0.00432. The van der Waals surface area contributed by atoms with Gasteiger partial charge in [-0.1, -0.05) is 36.4 Å². The fourth-order valence-electron chi connectivity index (χ4n) is 3.69. The predicted molar refractivity (Wildman–Crippen MR) is 103 cm³/mol. The standard InChI is InChI=1S/C22H22N2O3/c25-21(23-14-18-9-5-13-27-18)17-8-4-12-24(15-17)22(26)20-11-3-7-16-6-1-2-10-19(16)20/h1-3,5-7,9-11,13,17H,4,8,12,14-15H2,(H,23,25). The Morgan fingerprint density at radius 1 is 1.07 bits per heavy atom. The van der Waals surface area contributed by atoms with Crippen LogP contribution in [-0.4, -0.2) is 29.8 Å². The van der Waals surface area contributed by atoms with Crippen LogP contribution in [0.5, 0.6) is 0 Å². The number of nitrogens with one attached hydrogen (secondary N) is 1. The molecule has 0 saturated carbocycles. The van der Waals surface area contributed by atoms with Crippen LogP contribution in [0.25, 0.3) is 10.8 Å². The first-order valence-corrected chi connectivity index (χ1v) is 9.29.